The van der Waals surface area contributed by atoms with Crippen LogP contribution in [0.15, 0.2) is 48.1 Å². The lowest BCUT2D eigenvalue weighted by Crippen LogP contribution is -2.51. The van der Waals surface area contributed by atoms with Crippen LogP contribution in [0.4, 0.5) is 4.79 Å². The average Bonchev–Trinajstić information content (AvgIpc) is 2.77. The van der Waals surface area contributed by atoms with Gasteiger partial charge in [0.2, 0.25) is 0 Å². The highest BCUT2D eigenvalue weighted by Crippen LogP contribution is 2.18. The summed E-state index contributed by atoms with van der Waals surface area (Å²) in [7, 11) is 1.58. The Morgan fingerprint density at radius 3 is 2.44 bits per heavy atom. The Kier molecular flexibility index (Phi) is 13.3. The Labute approximate surface area is 206 Å². The molecule has 1 aromatic rings. The number of rotatable bonds is 12. The molecule has 1 unspecified atom stereocenters. The van der Waals surface area contributed by atoms with Crippen molar-refractivity contribution in [3.63, 3.8) is 0 Å². The molecule has 0 radical (unpaired) electrons. The molecule has 1 N–H and O–H groups in total. The third kappa shape index (κ3) is 13.2. The van der Waals surface area contributed by atoms with Gasteiger partial charge >= 0.3 is 6.09 Å². The van der Waals surface area contributed by atoms with Crippen molar-refractivity contribution in [2.45, 2.75) is 84.8 Å². The van der Waals surface area contributed by atoms with Crippen molar-refractivity contribution in [2.75, 3.05) is 20.5 Å². The molecular weight excluding hydrogens is 426 g/mol. The van der Waals surface area contributed by atoms with Crippen molar-refractivity contribution in [3.8, 4) is 11.8 Å². The van der Waals surface area contributed by atoms with Crippen LogP contribution in [0.5, 0.6) is 0 Å². The normalized spacial score (nSPS) is 13.8. The van der Waals surface area contributed by atoms with Crippen LogP contribution in [-0.2, 0) is 20.6 Å². The Balaban J connectivity index is 2.69. The quantitative estimate of drug-likeness (QED) is 0.163. The minimum atomic E-state index is -0.587. The van der Waals surface area contributed by atoms with Gasteiger partial charge in [-0.3, -0.25) is 0 Å². The van der Waals surface area contributed by atoms with E-state index in [0.29, 0.717) is 13.0 Å². The fourth-order valence-electron chi connectivity index (χ4n) is 3.21. The van der Waals surface area contributed by atoms with E-state index >= 15 is 0 Å². The summed E-state index contributed by atoms with van der Waals surface area (Å²) in [6, 6.07) is 8.29. The SMILES string of the molecule is C/C=C(\C=C/CC)CCC#Cc1ccc(CCC(C)(COCOC)NC(=O)OC(C)(C)C)cc1. The van der Waals surface area contributed by atoms with Gasteiger partial charge in [0.05, 0.1) is 12.1 Å². The Bertz CT molecular complexity index is 853. The molecular formula is C29H43NO4. The second-order valence-electron chi connectivity index (χ2n) is 9.62. The van der Waals surface area contributed by atoms with E-state index < -0.39 is 17.2 Å². The summed E-state index contributed by atoms with van der Waals surface area (Å²) in [4.78, 5) is 12.4. The van der Waals surface area contributed by atoms with Crippen LogP contribution in [0.25, 0.3) is 0 Å². The molecule has 0 aromatic heterocycles. The molecule has 0 saturated heterocycles. The van der Waals surface area contributed by atoms with E-state index in [0.717, 1.165) is 31.2 Å². The fraction of sp³-hybridized carbons (Fsp3) is 0.552. The summed E-state index contributed by atoms with van der Waals surface area (Å²) < 4.78 is 16.0. The Morgan fingerprint density at radius 2 is 1.85 bits per heavy atom. The van der Waals surface area contributed by atoms with Crippen molar-refractivity contribution in [2.24, 2.45) is 0 Å². The van der Waals surface area contributed by atoms with Gasteiger partial charge in [-0.05, 0) is 78.0 Å². The number of ether oxygens (including phenoxy) is 3. The molecule has 0 fully saturated rings. The zero-order chi connectivity index (χ0) is 25.5. The van der Waals surface area contributed by atoms with Gasteiger partial charge in [0.1, 0.15) is 12.4 Å². The number of hydrogen-bond acceptors (Lipinski definition) is 4. The molecule has 188 valence electrons. The predicted molar refractivity (Wildman–Crippen MR) is 140 cm³/mol. The van der Waals surface area contributed by atoms with Crippen LogP contribution in [0.1, 0.15) is 78.4 Å². The molecule has 0 bridgehead atoms. The number of hydrogen-bond donors (Lipinski definition) is 1. The monoisotopic (exact) mass is 469 g/mol. The summed E-state index contributed by atoms with van der Waals surface area (Å²) in [5.74, 6) is 6.53. The van der Waals surface area contributed by atoms with Gasteiger partial charge in [-0.25, -0.2) is 4.79 Å². The summed E-state index contributed by atoms with van der Waals surface area (Å²) in [6.45, 7) is 12.2. The fourth-order valence-corrected chi connectivity index (χ4v) is 3.21. The van der Waals surface area contributed by atoms with Gasteiger partial charge in [-0.15, -0.1) is 0 Å². The van der Waals surface area contributed by atoms with Gasteiger partial charge in [0.25, 0.3) is 0 Å². The Morgan fingerprint density at radius 1 is 1.15 bits per heavy atom. The highest BCUT2D eigenvalue weighted by Gasteiger charge is 2.29. The third-order valence-electron chi connectivity index (χ3n) is 5.05. The van der Waals surface area contributed by atoms with Crippen LogP contribution >= 0.6 is 0 Å². The van der Waals surface area contributed by atoms with Crippen LogP contribution in [0, 0.1) is 11.8 Å². The summed E-state index contributed by atoms with van der Waals surface area (Å²) in [5, 5.41) is 2.98. The third-order valence-corrected chi connectivity index (χ3v) is 5.05. The zero-order valence-electron chi connectivity index (χ0n) is 22.1. The number of alkyl carbamates (subject to hydrolysis) is 1. The lowest BCUT2D eigenvalue weighted by atomic mass is 9.93. The molecule has 5 heteroatoms. The standard InChI is InChI=1S/C29H43NO4/c1-8-10-13-24(9-2)14-11-12-15-25-16-18-26(19-17-25)20-21-29(6,22-33-23-32-7)30-27(31)34-28(3,4)5/h9-10,13,16-19H,8,11,14,20-23H2,1-7H3,(H,30,31)/b13-10-,24-9+. The maximum atomic E-state index is 12.4. The molecule has 0 heterocycles. The van der Waals surface area contributed by atoms with E-state index in [9.17, 15) is 4.79 Å². The Hall–Kier alpha value is -2.55. The van der Waals surface area contributed by atoms with Crippen LogP contribution in [0.2, 0.25) is 0 Å². The molecule has 1 rings (SSSR count). The molecule has 0 saturated carbocycles. The number of benzene rings is 1. The number of aryl methyl sites for hydroxylation is 1. The second kappa shape index (κ2) is 15.4. The summed E-state index contributed by atoms with van der Waals surface area (Å²) in [6.07, 6.45) is 10.4. The molecule has 0 aliphatic rings. The number of amides is 1. The number of carbonyl (C=O) groups is 1. The number of nitrogens with one attached hydrogen (secondary N) is 1. The van der Waals surface area contributed by atoms with Gasteiger partial charge in [0.15, 0.2) is 0 Å². The first kappa shape index (κ1) is 29.5. The lowest BCUT2D eigenvalue weighted by molar-refractivity contribution is -0.0533. The van der Waals surface area contributed by atoms with Crippen molar-refractivity contribution in [1.82, 2.24) is 5.32 Å². The number of allylic oxidation sites excluding steroid dienone is 4. The van der Waals surface area contributed by atoms with Gasteiger partial charge in [-0.1, -0.05) is 54.7 Å². The first-order valence-corrected chi connectivity index (χ1v) is 12.1. The molecule has 5 nitrogen and oxygen atoms in total. The first-order chi connectivity index (χ1) is 16.1. The smallest absolute Gasteiger partial charge is 0.408 e. The zero-order valence-corrected chi connectivity index (χ0v) is 22.1. The molecule has 0 aliphatic heterocycles. The molecule has 0 spiro atoms. The van der Waals surface area contributed by atoms with E-state index in [4.69, 9.17) is 14.2 Å². The maximum absolute atomic E-state index is 12.4. The van der Waals surface area contributed by atoms with E-state index in [1.165, 1.54) is 11.1 Å². The average molecular weight is 470 g/mol. The largest absolute Gasteiger partial charge is 0.444 e. The maximum Gasteiger partial charge on any atom is 0.408 e. The van der Waals surface area contributed by atoms with Gasteiger partial charge < -0.3 is 19.5 Å². The van der Waals surface area contributed by atoms with Crippen LogP contribution in [-0.4, -0.2) is 37.7 Å². The lowest BCUT2D eigenvalue weighted by Gasteiger charge is -2.32. The highest BCUT2D eigenvalue weighted by atomic mass is 16.7. The van der Waals surface area contributed by atoms with Gasteiger partial charge in [-0.2, -0.15) is 0 Å². The van der Waals surface area contributed by atoms with Crippen molar-refractivity contribution in [1.29, 1.82) is 0 Å². The van der Waals surface area contributed by atoms with Gasteiger partial charge in [0, 0.05) is 19.1 Å². The molecule has 1 amide bonds. The van der Waals surface area contributed by atoms with E-state index in [-0.39, 0.29) is 6.79 Å². The second-order valence-corrected chi connectivity index (χ2v) is 9.62. The predicted octanol–water partition coefficient (Wildman–Crippen LogP) is 6.57. The van der Waals surface area contributed by atoms with Crippen molar-refractivity contribution < 1.29 is 19.0 Å². The topological polar surface area (TPSA) is 56.8 Å². The number of carbonyl (C=O) groups excluding carboxylic acids is 1. The molecule has 1 aromatic carbocycles. The molecule has 34 heavy (non-hydrogen) atoms. The van der Waals surface area contributed by atoms with E-state index in [2.05, 4.69) is 73.5 Å². The molecule has 0 aliphatic carbocycles. The summed E-state index contributed by atoms with van der Waals surface area (Å²) >= 11 is 0. The van der Waals surface area contributed by atoms with Crippen LogP contribution < -0.4 is 5.32 Å². The minimum absolute atomic E-state index is 0.170. The highest BCUT2D eigenvalue weighted by molar-refractivity contribution is 5.68. The van der Waals surface area contributed by atoms with Crippen molar-refractivity contribution >= 4 is 6.09 Å². The van der Waals surface area contributed by atoms with E-state index in [1.54, 1.807) is 7.11 Å². The van der Waals surface area contributed by atoms with Crippen LogP contribution in [0.3, 0.4) is 0 Å². The van der Waals surface area contributed by atoms with Crippen molar-refractivity contribution in [3.05, 3.63) is 59.2 Å². The number of methoxy groups -OCH3 is 1. The minimum Gasteiger partial charge on any atom is -0.444 e. The molecule has 1 atom stereocenters. The summed E-state index contributed by atoms with van der Waals surface area (Å²) in [5.41, 5.74) is 2.36. The first-order valence-electron chi connectivity index (χ1n) is 12.1. The van der Waals surface area contributed by atoms with E-state index in [1.807, 2.05) is 27.7 Å².